The maximum absolute atomic E-state index is 15.3. The Kier molecular flexibility index (Phi) is 8.12. The van der Waals surface area contributed by atoms with Crippen molar-refractivity contribution < 1.29 is 43.7 Å². The maximum Gasteiger partial charge on any atom is 0.305 e. The van der Waals surface area contributed by atoms with Crippen LogP contribution in [-0.2, 0) is 29.4 Å². The number of phenols is 1. The Balaban J connectivity index is 1.47. The highest BCUT2D eigenvalue weighted by molar-refractivity contribution is 6.13. The molecule has 4 aliphatic rings. The Morgan fingerprint density at radius 2 is 1.58 bits per heavy atom. The van der Waals surface area contributed by atoms with Gasteiger partial charge in [-0.1, -0.05) is 59.7 Å². The van der Waals surface area contributed by atoms with Crippen molar-refractivity contribution in [1.29, 1.82) is 0 Å². The topological polar surface area (TPSA) is 163 Å². The third-order valence-corrected chi connectivity index (χ3v) is 10.9. The standard InChI is InChI=1S/C38H37N3O9/c1-20-9-11-22(12-10-20)39-41-35(46)27-19-26-24(13-14-25-31(26)36(47)40(34(25)45)16-15-30(43)44)33(32-28(49-2)17-23(42)18-29(32)50-3)38(27,37(41)48)21-7-5-4-6-8-21/h4-13,17-18,25-27,31,33,39,42H,14-16,19H2,1-3H3,(H,43,44). The number of nitrogens with one attached hydrogen (secondary N) is 1. The second-order valence-electron chi connectivity index (χ2n) is 13.3. The lowest BCUT2D eigenvalue weighted by Gasteiger charge is -2.51. The number of aliphatic carboxylic acids is 1. The molecular formula is C38H37N3O9. The molecule has 2 aliphatic carbocycles. The fourth-order valence-electron chi connectivity index (χ4n) is 8.76. The normalized spacial score (nSPS) is 27.0. The van der Waals surface area contributed by atoms with E-state index >= 15 is 4.79 Å². The molecule has 2 saturated heterocycles. The van der Waals surface area contributed by atoms with Gasteiger partial charge in [0.1, 0.15) is 17.2 Å². The second-order valence-corrected chi connectivity index (χ2v) is 13.3. The van der Waals surface area contributed by atoms with Crippen LogP contribution in [-0.4, -0.2) is 70.5 Å². The number of carbonyl (C=O) groups is 5. The number of hydrazine groups is 1. The van der Waals surface area contributed by atoms with Crippen LogP contribution in [0.4, 0.5) is 5.69 Å². The second kappa shape index (κ2) is 12.3. The van der Waals surface area contributed by atoms with E-state index in [4.69, 9.17) is 9.47 Å². The van der Waals surface area contributed by atoms with Gasteiger partial charge < -0.3 is 19.7 Å². The van der Waals surface area contributed by atoms with E-state index in [0.717, 1.165) is 15.5 Å². The molecule has 3 fully saturated rings. The van der Waals surface area contributed by atoms with E-state index in [9.17, 15) is 29.4 Å². The van der Waals surface area contributed by atoms with Crippen LogP contribution in [0, 0.1) is 30.6 Å². The number of benzene rings is 3. The molecule has 0 bridgehead atoms. The van der Waals surface area contributed by atoms with Gasteiger partial charge in [-0.15, -0.1) is 0 Å². The number of allylic oxidation sites excluding steroid dienone is 2. The Morgan fingerprint density at radius 1 is 0.920 bits per heavy atom. The fourth-order valence-corrected chi connectivity index (χ4v) is 8.76. The molecule has 4 amide bonds. The van der Waals surface area contributed by atoms with Crippen molar-refractivity contribution in [2.45, 2.75) is 37.5 Å². The number of hydrogen-bond donors (Lipinski definition) is 3. The van der Waals surface area contributed by atoms with Crippen LogP contribution >= 0.6 is 0 Å². The number of imide groups is 2. The molecule has 2 heterocycles. The molecule has 0 spiro atoms. The molecule has 2 aliphatic heterocycles. The van der Waals surface area contributed by atoms with E-state index in [0.29, 0.717) is 22.4 Å². The molecule has 258 valence electrons. The van der Waals surface area contributed by atoms with Crippen molar-refractivity contribution in [2.75, 3.05) is 26.2 Å². The van der Waals surface area contributed by atoms with E-state index < -0.39 is 71.0 Å². The first-order valence-electron chi connectivity index (χ1n) is 16.5. The number of hydrogen-bond acceptors (Lipinski definition) is 9. The minimum Gasteiger partial charge on any atom is -0.508 e. The van der Waals surface area contributed by atoms with Crippen LogP contribution in [0.2, 0.25) is 0 Å². The molecular weight excluding hydrogens is 642 g/mol. The smallest absolute Gasteiger partial charge is 0.305 e. The predicted molar refractivity (Wildman–Crippen MR) is 179 cm³/mol. The first-order chi connectivity index (χ1) is 24.0. The van der Waals surface area contributed by atoms with Gasteiger partial charge in [-0.2, -0.15) is 5.01 Å². The Hall–Kier alpha value is -5.65. The summed E-state index contributed by atoms with van der Waals surface area (Å²) in [5.41, 5.74) is 4.66. The third kappa shape index (κ3) is 4.84. The zero-order chi connectivity index (χ0) is 35.5. The SMILES string of the molecule is COc1cc(O)cc(OC)c1C1C2=CCC3C(=O)N(CCC(=O)O)C(=O)C3C2CC2C(=O)N(Nc3ccc(C)cc3)C(=O)C21c1ccccc1. The molecule has 12 nitrogen and oxygen atoms in total. The molecule has 0 aromatic heterocycles. The summed E-state index contributed by atoms with van der Waals surface area (Å²) in [6.45, 7) is 1.67. The van der Waals surface area contributed by atoms with Gasteiger partial charge in [-0.05, 0) is 43.4 Å². The van der Waals surface area contributed by atoms with Gasteiger partial charge in [-0.3, -0.25) is 34.3 Å². The van der Waals surface area contributed by atoms with Crippen molar-refractivity contribution in [3.05, 3.63) is 95.1 Å². The number of amides is 4. The monoisotopic (exact) mass is 679 g/mol. The van der Waals surface area contributed by atoms with Crippen LogP contribution < -0.4 is 14.9 Å². The molecule has 7 rings (SSSR count). The van der Waals surface area contributed by atoms with Crippen LogP contribution in [0.25, 0.3) is 0 Å². The molecule has 12 heteroatoms. The van der Waals surface area contributed by atoms with Gasteiger partial charge >= 0.3 is 5.97 Å². The average molecular weight is 680 g/mol. The first-order valence-corrected chi connectivity index (χ1v) is 16.5. The lowest BCUT2D eigenvalue weighted by atomic mass is 9.49. The third-order valence-electron chi connectivity index (χ3n) is 10.9. The van der Waals surface area contributed by atoms with Gasteiger partial charge in [0, 0.05) is 30.2 Å². The van der Waals surface area contributed by atoms with Gasteiger partial charge in [0.2, 0.25) is 11.8 Å². The minimum absolute atomic E-state index is 0.0730. The summed E-state index contributed by atoms with van der Waals surface area (Å²) >= 11 is 0. The lowest BCUT2D eigenvalue weighted by Crippen LogP contribution is -2.53. The Morgan fingerprint density at radius 3 is 2.20 bits per heavy atom. The Bertz CT molecular complexity index is 1920. The maximum atomic E-state index is 15.3. The number of carboxylic acids is 1. The highest BCUT2D eigenvalue weighted by Gasteiger charge is 2.71. The van der Waals surface area contributed by atoms with Crippen LogP contribution in [0.1, 0.15) is 41.9 Å². The molecule has 1 saturated carbocycles. The van der Waals surface area contributed by atoms with Crippen molar-refractivity contribution in [1.82, 2.24) is 9.91 Å². The number of phenolic OH excluding ortho intramolecular Hbond substituents is 1. The van der Waals surface area contributed by atoms with Crippen LogP contribution in [0.3, 0.4) is 0 Å². The molecule has 3 N–H and O–H groups in total. The van der Waals surface area contributed by atoms with E-state index in [-0.39, 0.29) is 36.6 Å². The number of carboxylic acid groups (broad SMARTS) is 1. The van der Waals surface area contributed by atoms with Gasteiger partial charge in [0.25, 0.3) is 11.8 Å². The van der Waals surface area contributed by atoms with E-state index in [1.54, 1.807) is 24.3 Å². The van der Waals surface area contributed by atoms with Crippen molar-refractivity contribution in [3.63, 3.8) is 0 Å². The minimum atomic E-state index is -1.57. The number of likely N-dealkylation sites (tertiary alicyclic amines) is 1. The summed E-state index contributed by atoms with van der Waals surface area (Å²) in [6.07, 6.45) is 1.75. The van der Waals surface area contributed by atoms with Gasteiger partial charge in [0.15, 0.2) is 0 Å². The van der Waals surface area contributed by atoms with E-state index in [1.165, 1.54) is 26.4 Å². The van der Waals surface area contributed by atoms with Crippen molar-refractivity contribution >= 4 is 35.3 Å². The summed E-state index contributed by atoms with van der Waals surface area (Å²) in [5, 5.41) is 21.1. The van der Waals surface area contributed by atoms with Crippen molar-refractivity contribution in [3.8, 4) is 17.2 Å². The van der Waals surface area contributed by atoms with E-state index in [2.05, 4.69) is 5.43 Å². The summed E-state index contributed by atoms with van der Waals surface area (Å²) in [6, 6.07) is 19.2. The highest BCUT2D eigenvalue weighted by atomic mass is 16.5. The summed E-state index contributed by atoms with van der Waals surface area (Å²) in [4.78, 5) is 70.3. The molecule has 6 atom stereocenters. The largest absolute Gasteiger partial charge is 0.508 e. The molecule has 3 aromatic carbocycles. The number of methoxy groups -OCH3 is 2. The number of fused-ring (bicyclic) bond motifs is 4. The summed E-state index contributed by atoms with van der Waals surface area (Å²) < 4.78 is 11.7. The quantitative estimate of drug-likeness (QED) is 0.221. The average Bonchev–Trinajstić information content (AvgIpc) is 3.48. The number of aromatic hydroxyl groups is 1. The zero-order valence-electron chi connectivity index (χ0n) is 27.8. The number of ether oxygens (including phenoxy) is 2. The molecule has 0 radical (unpaired) electrons. The van der Waals surface area contributed by atoms with E-state index in [1.807, 2.05) is 43.3 Å². The van der Waals surface area contributed by atoms with Gasteiger partial charge in [-0.25, -0.2) is 0 Å². The number of carbonyl (C=O) groups excluding carboxylic acids is 4. The number of aryl methyl sites for hydroxylation is 1. The van der Waals surface area contributed by atoms with Crippen molar-refractivity contribution in [2.24, 2.45) is 23.7 Å². The molecule has 50 heavy (non-hydrogen) atoms. The van der Waals surface area contributed by atoms with Gasteiger partial charge in [0.05, 0.1) is 49.5 Å². The number of nitrogens with zero attached hydrogens (tertiary/aromatic N) is 2. The predicted octanol–water partition coefficient (Wildman–Crippen LogP) is 4.18. The number of anilines is 1. The molecule has 3 aromatic rings. The zero-order valence-corrected chi connectivity index (χ0v) is 27.8. The summed E-state index contributed by atoms with van der Waals surface area (Å²) in [7, 11) is 2.87. The molecule has 6 unspecified atom stereocenters. The number of rotatable bonds is 9. The lowest BCUT2D eigenvalue weighted by molar-refractivity contribution is -0.143. The highest BCUT2D eigenvalue weighted by Crippen LogP contribution is 2.66. The first kappa shape index (κ1) is 32.9. The van der Waals surface area contributed by atoms with Crippen LogP contribution in [0.5, 0.6) is 17.2 Å². The summed E-state index contributed by atoms with van der Waals surface area (Å²) in [5.74, 6) is -7.02. The Labute approximate surface area is 288 Å². The van der Waals surface area contributed by atoms with Crippen LogP contribution in [0.15, 0.2) is 78.4 Å². The fraction of sp³-hybridized carbons (Fsp3) is 0.342.